The lowest BCUT2D eigenvalue weighted by atomic mass is 9.86. The lowest BCUT2D eigenvalue weighted by molar-refractivity contribution is 0.0823. The molecule has 2 nitrogen and oxygen atoms in total. The second-order valence-electron chi connectivity index (χ2n) is 7.20. The minimum atomic E-state index is -0.409. The van der Waals surface area contributed by atoms with Crippen LogP contribution >= 0.6 is 27.5 Å². The van der Waals surface area contributed by atoms with Crippen molar-refractivity contribution in [1.29, 1.82) is 0 Å². The molecular weight excluding hydrogens is 443 g/mol. The third kappa shape index (κ3) is 5.57. The van der Waals surface area contributed by atoms with Crippen LogP contribution in [0.3, 0.4) is 0 Å². The highest BCUT2D eigenvalue weighted by molar-refractivity contribution is 9.10. The molecule has 0 atom stereocenters. The smallest absolute Gasteiger partial charge is 0.165 e. The molecule has 0 N–H and O–H groups in total. The summed E-state index contributed by atoms with van der Waals surface area (Å²) in [6, 6.07) is 19.8. The van der Waals surface area contributed by atoms with Crippen LogP contribution in [-0.4, -0.2) is 6.61 Å². The second-order valence-corrected chi connectivity index (χ2v) is 8.56. The van der Waals surface area contributed by atoms with Gasteiger partial charge < -0.3 is 9.47 Å². The summed E-state index contributed by atoms with van der Waals surface area (Å²) < 4.78 is 26.6. The van der Waals surface area contributed by atoms with Crippen molar-refractivity contribution in [3.63, 3.8) is 0 Å². The van der Waals surface area contributed by atoms with Gasteiger partial charge in [0.1, 0.15) is 5.75 Å². The Morgan fingerprint density at radius 1 is 0.964 bits per heavy atom. The van der Waals surface area contributed by atoms with E-state index in [9.17, 15) is 4.39 Å². The van der Waals surface area contributed by atoms with E-state index in [1.165, 1.54) is 6.07 Å². The molecule has 3 aromatic rings. The van der Waals surface area contributed by atoms with Crippen molar-refractivity contribution in [2.24, 2.45) is 0 Å². The third-order valence-corrected chi connectivity index (χ3v) is 5.18. The van der Waals surface area contributed by atoms with Crippen molar-refractivity contribution in [1.82, 2.24) is 0 Å². The zero-order chi connectivity index (χ0) is 20.1. The van der Waals surface area contributed by atoms with Crippen LogP contribution in [0.5, 0.6) is 11.5 Å². The van der Waals surface area contributed by atoms with E-state index < -0.39 is 5.82 Å². The molecule has 28 heavy (non-hydrogen) atoms. The SMILES string of the molecule is CC(C)(COCc1ccc(F)c(Oc2ccc(Br)cc2)c1)c1ccc(Cl)cc1. The molecule has 0 radical (unpaired) electrons. The monoisotopic (exact) mass is 462 g/mol. The van der Waals surface area contributed by atoms with Gasteiger partial charge in [-0.25, -0.2) is 4.39 Å². The summed E-state index contributed by atoms with van der Waals surface area (Å²) in [6.07, 6.45) is 0. The van der Waals surface area contributed by atoms with Crippen LogP contribution in [-0.2, 0) is 16.8 Å². The third-order valence-electron chi connectivity index (χ3n) is 4.39. The van der Waals surface area contributed by atoms with E-state index >= 15 is 0 Å². The van der Waals surface area contributed by atoms with Gasteiger partial charge in [-0.3, -0.25) is 0 Å². The Kier molecular flexibility index (Phi) is 6.76. The van der Waals surface area contributed by atoms with Crippen molar-refractivity contribution in [2.75, 3.05) is 6.61 Å². The van der Waals surface area contributed by atoms with Gasteiger partial charge in [0.2, 0.25) is 0 Å². The number of hydrogen-bond donors (Lipinski definition) is 0. The average molecular weight is 464 g/mol. The largest absolute Gasteiger partial charge is 0.454 e. The van der Waals surface area contributed by atoms with Crippen molar-refractivity contribution >= 4 is 27.5 Å². The van der Waals surface area contributed by atoms with Crippen molar-refractivity contribution < 1.29 is 13.9 Å². The van der Waals surface area contributed by atoms with Crippen molar-refractivity contribution in [3.8, 4) is 11.5 Å². The summed E-state index contributed by atoms with van der Waals surface area (Å²) in [7, 11) is 0. The zero-order valence-electron chi connectivity index (χ0n) is 15.7. The van der Waals surface area contributed by atoms with Gasteiger partial charge in [-0.2, -0.15) is 0 Å². The van der Waals surface area contributed by atoms with E-state index in [0.717, 1.165) is 15.6 Å². The van der Waals surface area contributed by atoms with Crippen LogP contribution in [0.4, 0.5) is 4.39 Å². The summed E-state index contributed by atoms with van der Waals surface area (Å²) in [6.45, 7) is 5.12. The molecule has 5 heteroatoms. The number of rotatable bonds is 7. The van der Waals surface area contributed by atoms with Crippen molar-refractivity contribution in [2.45, 2.75) is 25.9 Å². The normalized spacial score (nSPS) is 11.5. The molecule has 3 aromatic carbocycles. The maximum Gasteiger partial charge on any atom is 0.165 e. The fourth-order valence-corrected chi connectivity index (χ4v) is 3.14. The van der Waals surface area contributed by atoms with Crippen LogP contribution in [0.15, 0.2) is 71.2 Å². The number of benzene rings is 3. The van der Waals surface area contributed by atoms with Gasteiger partial charge in [0.15, 0.2) is 11.6 Å². The molecule has 0 unspecified atom stereocenters. The van der Waals surface area contributed by atoms with Gasteiger partial charge in [0, 0.05) is 14.9 Å². The topological polar surface area (TPSA) is 18.5 Å². The standard InChI is InChI=1S/C23H21BrClFO2/c1-23(2,17-4-8-19(25)9-5-17)15-27-14-16-3-12-21(26)22(13-16)28-20-10-6-18(24)7-11-20/h3-13H,14-15H2,1-2H3. The Morgan fingerprint density at radius 3 is 2.32 bits per heavy atom. The van der Waals surface area contributed by atoms with Crippen LogP contribution in [0.25, 0.3) is 0 Å². The highest BCUT2D eigenvalue weighted by Crippen LogP contribution is 2.28. The van der Waals surface area contributed by atoms with Gasteiger partial charge in [0.05, 0.1) is 13.2 Å². The van der Waals surface area contributed by atoms with Crippen molar-refractivity contribution in [3.05, 3.63) is 93.2 Å². The number of halogens is 3. The molecule has 0 aliphatic heterocycles. The summed E-state index contributed by atoms with van der Waals surface area (Å²) in [5, 5.41) is 0.713. The second kappa shape index (κ2) is 9.08. The minimum absolute atomic E-state index is 0.165. The van der Waals surface area contributed by atoms with E-state index in [2.05, 4.69) is 29.8 Å². The molecule has 0 spiro atoms. The van der Waals surface area contributed by atoms with E-state index in [1.54, 1.807) is 24.3 Å². The Balaban J connectivity index is 1.63. The highest BCUT2D eigenvalue weighted by atomic mass is 79.9. The van der Waals surface area contributed by atoms with Gasteiger partial charge in [-0.15, -0.1) is 0 Å². The fourth-order valence-electron chi connectivity index (χ4n) is 2.75. The molecule has 3 rings (SSSR count). The van der Waals surface area contributed by atoms with Crippen LogP contribution in [0.2, 0.25) is 5.02 Å². The maximum atomic E-state index is 14.1. The molecule has 0 fully saturated rings. The van der Waals surface area contributed by atoms with Gasteiger partial charge in [0.25, 0.3) is 0 Å². The molecule has 146 valence electrons. The molecule has 0 amide bonds. The van der Waals surface area contributed by atoms with E-state index in [0.29, 0.717) is 24.0 Å². The summed E-state index contributed by atoms with van der Waals surface area (Å²) in [4.78, 5) is 0. The Hall–Kier alpha value is -1.88. The molecule has 0 saturated carbocycles. The summed E-state index contributed by atoms with van der Waals surface area (Å²) in [5.74, 6) is 0.345. The van der Waals surface area contributed by atoms with Crippen LogP contribution in [0, 0.1) is 5.82 Å². The first kappa shape index (κ1) is 20.8. The molecule has 0 aliphatic carbocycles. The first-order valence-corrected chi connectivity index (χ1v) is 10.1. The fraction of sp³-hybridized carbons (Fsp3) is 0.217. The highest BCUT2D eigenvalue weighted by Gasteiger charge is 2.21. The average Bonchev–Trinajstić information content (AvgIpc) is 2.66. The summed E-state index contributed by atoms with van der Waals surface area (Å²) >= 11 is 9.33. The van der Waals surface area contributed by atoms with Gasteiger partial charge in [-0.1, -0.05) is 59.6 Å². The predicted octanol–water partition coefficient (Wildman–Crippen LogP) is 7.53. The Bertz CT molecular complexity index is 924. The van der Waals surface area contributed by atoms with Gasteiger partial charge in [-0.05, 0) is 59.7 Å². The van der Waals surface area contributed by atoms with Gasteiger partial charge >= 0.3 is 0 Å². The first-order chi connectivity index (χ1) is 13.3. The zero-order valence-corrected chi connectivity index (χ0v) is 18.1. The van der Waals surface area contributed by atoms with E-state index in [4.69, 9.17) is 21.1 Å². The summed E-state index contributed by atoms with van der Waals surface area (Å²) in [5.41, 5.74) is 1.83. The predicted molar refractivity (Wildman–Crippen MR) is 115 cm³/mol. The maximum absolute atomic E-state index is 14.1. The quantitative estimate of drug-likeness (QED) is 0.360. The number of ether oxygens (including phenoxy) is 2. The Morgan fingerprint density at radius 2 is 1.64 bits per heavy atom. The lowest BCUT2D eigenvalue weighted by Gasteiger charge is -2.25. The minimum Gasteiger partial charge on any atom is -0.454 e. The molecule has 0 aliphatic rings. The molecular formula is C23H21BrClFO2. The number of hydrogen-bond acceptors (Lipinski definition) is 2. The molecule has 0 aromatic heterocycles. The molecule has 0 bridgehead atoms. The molecule has 0 heterocycles. The first-order valence-electron chi connectivity index (χ1n) is 8.89. The van der Waals surface area contributed by atoms with Crippen LogP contribution in [0.1, 0.15) is 25.0 Å². The molecule has 0 saturated heterocycles. The van der Waals surface area contributed by atoms with Crippen LogP contribution < -0.4 is 4.74 Å². The Labute approximate surface area is 178 Å². The lowest BCUT2D eigenvalue weighted by Crippen LogP contribution is -2.24. The van der Waals surface area contributed by atoms with E-state index in [-0.39, 0.29) is 11.2 Å². The van der Waals surface area contributed by atoms with E-state index in [1.807, 2.05) is 36.4 Å².